The van der Waals surface area contributed by atoms with Crippen LogP contribution in [-0.2, 0) is 10.0 Å². The van der Waals surface area contributed by atoms with Gasteiger partial charge in [0.1, 0.15) is 11.9 Å². The van der Waals surface area contributed by atoms with Gasteiger partial charge in [0.05, 0.1) is 22.2 Å². The van der Waals surface area contributed by atoms with Crippen LogP contribution in [-0.4, -0.2) is 67.9 Å². The van der Waals surface area contributed by atoms with Crippen LogP contribution < -0.4 is 9.47 Å². The van der Waals surface area contributed by atoms with Gasteiger partial charge in [-0.05, 0) is 55.2 Å². The number of piperidine rings is 2. The molecule has 192 valence electrons. The van der Waals surface area contributed by atoms with Crippen LogP contribution in [0.2, 0.25) is 0 Å². The van der Waals surface area contributed by atoms with E-state index >= 15 is 0 Å². The number of fused-ring (bicyclic) bond motifs is 1. The Morgan fingerprint density at radius 3 is 2.50 bits per heavy atom. The Morgan fingerprint density at radius 1 is 1.06 bits per heavy atom. The molecule has 0 aliphatic carbocycles. The smallest absolute Gasteiger partial charge is 0.274 e. The van der Waals surface area contributed by atoms with E-state index in [0.29, 0.717) is 55.7 Å². The number of likely N-dealkylation sites (tertiary alicyclic amines) is 1. The lowest BCUT2D eigenvalue weighted by Gasteiger charge is -2.32. The van der Waals surface area contributed by atoms with Gasteiger partial charge in [0.15, 0.2) is 0 Å². The first kappa shape index (κ1) is 25.0. The standard InChI is InChI=1S/C26H31N3O5S2/c1-18-4-3-13-29(17-18)36(31,32)22-8-5-19(6-9-22)25(30)28-14-11-20(12-15-28)34-26-27-23-16-21(33-2)7-10-24(23)35-26/h5-10,16,18,20H,3-4,11-15,17H2,1-2H3. The molecule has 1 atom stereocenters. The normalized spacial score (nSPS) is 19.9. The molecule has 1 aromatic heterocycles. The first-order valence-electron chi connectivity index (χ1n) is 12.3. The molecule has 3 heterocycles. The lowest BCUT2D eigenvalue weighted by molar-refractivity contribution is 0.0595. The largest absolute Gasteiger partial charge is 0.497 e. The Labute approximate surface area is 215 Å². The molecular formula is C26H31N3O5S2. The van der Waals surface area contributed by atoms with Crippen molar-refractivity contribution in [2.75, 3.05) is 33.3 Å². The molecule has 10 heteroatoms. The predicted molar refractivity (Wildman–Crippen MR) is 139 cm³/mol. The van der Waals surface area contributed by atoms with Crippen LogP contribution in [0.5, 0.6) is 10.9 Å². The fourth-order valence-electron chi connectivity index (χ4n) is 4.85. The first-order chi connectivity index (χ1) is 17.3. The Bertz CT molecular complexity index is 1330. The van der Waals surface area contributed by atoms with Crippen LogP contribution in [0.4, 0.5) is 0 Å². The number of methoxy groups -OCH3 is 1. The van der Waals surface area contributed by atoms with E-state index in [4.69, 9.17) is 9.47 Å². The first-order valence-corrected chi connectivity index (χ1v) is 14.6. The summed E-state index contributed by atoms with van der Waals surface area (Å²) in [7, 11) is -1.90. The fraction of sp³-hybridized carbons (Fsp3) is 0.462. The van der Waals surface area contributed by atoms with Gasteiger partial charge in [0.25, 0.3) is 11.1 Å². The number of carbonyl (C=O) groups is 1. The Kier molecular flexibility index (Phi) is 7.18. The third kappa shape index (κ3) is 5.21. The van der Waals surface area contributed by atoms with Crippen molar-refractivity contribution in [3.8, 4) is 10.9 Å². The van der Waals surface area contributed by atoms with Gasteiger partial charge in [0.2, 0.25) is 10.0 Å². The number of amides is 1. The summed E-state index contributed by atoms with van der Waals surface area (Å²) in [6.45, 7) is 4.33. The number of rotatable bonds is 6. The molecular weight excluding hydrogens is 498 g/mol. The molecule has 0 N–H and O–H groups in total. The van der Waals surface area contributed by atoms with E-state index in [1.165, 1.54) is 11.3 Å². The summed E-state index contributed by atoms with van der Waals surface area (Å²) in [4.78, 5) is 19.7. The van der Waals surface area contributed by atoms with Crippen LogP contribution in [0, 0.1) is 5.92 Å². The topological polar surface area (TPSA) is 89.0 Å². The van der Waals surface area contributed by atoms with Gasteiger partial charge in [-0.3, -0.25) is 4.79 Å². The SMILES string of the molecule is COc1ccc2sc(OC3CCN(C(=O)c4ccc(S(=O)(=O)N5CCCC(C)C5)cc4)CC3)nc2c1. The maximum atomic E-state index is 13.1. The number of sulfonamides is 1. The van der Waals surface area contributed by atoms with E-state index in [0.717, 1.165) is 28.8 Å². The fourth-order valence-corrected chi connectivity index (χ4v) is 7.31. The summed E-state index contributed by atoms with van der Waals surface area (Å²) in [5.74, 6) is 1.04. The van der Waals surface area contributed by atoms with E-state index in [1.54, 1.807) is 40.6 Å². The molecule has 0 spiro atoms. The molecule has 2 saturated heterocycles. The minimum atomic E-state index is -3.53. The highest BCUT2D eigenvalue weighted by atomic mass is 32.2. The van der Waals surface area contributed by atoms with Crippen molar-refractivity contribution in [1.82, 2.24) is 14.2 Å². The number of hydrogen-bond acceptors (Lipinski definition) is 7. The molecule has 8 nitrogen and oxygen atoms in total. The van der Waals surface area contributed by atoms with Gasteiger partial charge in [0, 0.05) is 50.7 Å². The highest BCUT2D eigenvalue weighted by Gasteiger charge is 2.29. The molecule has 2 aromatic carbocycles. The quantitative estimate of drug-likeness (QED) is 0.470. The maximum absolute atomic E-state index is 13.1. The molecule has 1 amide bonds. The summed E-state index contributed by atoms with van der Waals surface area (Å²) < 4.78 is 40.0. The Morgan fingerprint density at radius 2 is 1.81 bits per heavy atom. The monoisotopic (exact) mass is 529 g/mol. The lowest BCUT2D eigenvalue weighted by atomic mass is 10.0. The van der Waals surface area contributed by atoms with E-state index in [-0.39, 0.29) is 16.9 Å². The molecule has 0 bridgehead atoms. The van der Waals surface area contributed by atoms with Crippen LogP contribution in [0.15, 0.2) is 47.4 Å². The van der Waals surface area contributed by atoms with E-state index in [2.05, 4.69) is 11.9 Å². The van der Waals surface area contributed by atoms with Crippen molar-refractivity contribution in [3.63, 3.8) is 0 Å². The van der Waals surface area contributed by atoms with Crippen LogP contribution in [0.25, 0.3) is 10.2 Å². The summed E-state index contributed by atoms with van der Waals surface area (Å²) in [6, 6.07) is 12.1. The molecule has 3 aromatic rings. The zero-order valence-corrected chi connectivity index (χ0v) is 22.2. The zero-order valence-electron chi connectivity index (χ0n) is 20.6. The van der Waals surface area contributed by atoms with Gasteiger partial charge in [-0.25, -0.2) is 13.4 Å². The lowest BCUT2D eigenvalue weighted by Crippen LogP contribution is -2.41. The van der Waals surface area contributed by atoms with Crippen LogP contribution >= 0.6 is 11.3 Å². The molecule has 5 rings (SSSR count). The molecule has 2 aliphatic rings. The molecule has 2 fully saturated rings. The average molecular weight is 530 g/mol. The number of thiazole rings is 1. The minimum Gasteiger partial charge on any atom is -0.497 e. The van der Waals surface area contributed by atoms with Gasteiger partial charge in [-0.2, -0.15) is 4.31 Å². The zero-order chi connectivity index (χ0) is 25.3. The number of benzene rings is 2. The molecule has 36 heavy (non-hydrogen) atoms. The van der Waals surface area contributed by atoms with E-state index in [1.807, 2.05) is 18.2 Å². The highest BCUT2D eigenvalue weighted by Crippen LogP contribution is 2.32. The van der Waals surface area contributed by atoms with Crippen molar-refractivity contribution in [2.24, 2.45) is 5.92 Å². The summed E-state index contributed by atoms with van der Waals surface area (Å²) in [5, 5.41) is 0.628. The second-order valence-corrected chi connectivity index (χ2v) is 12.5. The van der Waals surface area contributed by atoms with Crippen molar-refractivity contribution in [1.29, 1.82) is 0 Å². The summed E-state index contributed by atoms with van der Waals surface area (Å²) >= 11 is 1.51. The minimum absolute atomic E-state index is 0.00374. The van der Waals surface area contributed by atoms with E-state index < -0.39 is 10.0 Å². The third-order valence-corrected chi connectivity index (χ3v) is 9.74. The third-order valence-electron chi connectivity index (χ3n) is 6.93. The van der Waals surface area contributed by atoms with Crippen LogP contribution in [0.1, 0.15) is 43.0 Å². The van der Waals surface area contributed by atoms with Crippen molar-refractivity contribution < 1.29 is 22.7 Å². The molecule has 2 aliphatic heterocycles. The van der Waals surface area contributed by atoms with Gasteiger partial charge >= 0.3 is 0 Å². The number of ether oxygens (including phenoxy) is 2. The predicted octanol–water partition coefficient (Wildman–Crippen LogP) is 4.41. The van der Waals surface area contributed by atoms with Crippen molar-refractivity contribution in [2.45, 2.75) is 43.6 Å². The number of aromatic nitrogens is 1. The second-order valence-electron chi connectivity index (χ2n) is 9.56. The average Bonchev–Trinajstić information content (AvgIpc) is 3.30. The molecule has 0 saturated carbocycles. The summed E-state index contributed by atoms with van der Waals surface area (Å²) in [6.07, 6.45) is 3.35. The summed E-state index contributed by atoms with van der Waals surface area (Å²) in [5.41, 5.74) is 1.35. The Hall–Kier alpha value is -2.69. The van der Waals surface area contributed by atoms with Gasteiger partial charge < -0.3 is 14.4 Å². The van der Waals surface area contributed by atoms with Gasteiger partial charge in [-0.1, -0.05) is 18.3 Å². The maximum Gasteiger partial charge on any atom is 0.274 e. The van der Waals surface area contributed by atoms with E-state index in [9.17, 15) is 13.2 Å². The number of hydrogen-bond donors (Lipinski definition) is 0. The van der Waals surface area contributed by atoms with Gasteiger partial charge in [-0.15, -0.1) is 0 Å². The highest BCUT2D eigenvalue weighted by molar-refractivity contribution is 7.89. The number of nitrogens with zero attached hydrogens (tertiary/aromatic N) is 3. The van der Waals surface area contributed by atoms with Crippen molar-refractivity contribution >= 4 is 37.5 Å². The Balaban J connectivity index is 1.17. The van der Waals surface area contributed by atoms with Crippen LogP contribution in [0.3, 0.4) is 0 Å². The molecule has 1 unspecified atom stereocenters. The second kappa shape index (κ2) is 10.4. The molecule has 0 radical (unpaired) electrons. The van der Waals surface area contributed by atoms with Crippen molar-refractivity contribution in [3.05, 3.63) is 48.0 Å². The number of carbonyl (C=O) groups excluding carboxylic acids is 1.